The van der Waals surface area contributed by atoms with E-state index in [2.05, 4.69) is 37.0 Å². The van der Waals surface area contributed by atoms with Crippen molar-refractivity contribution in [3.63, 3.8) is 0 Å². The Balaban J connectivity index is 1.51. The van der Waals surface area contributed by atoms with Crippen LogP contribution in [0.3, 0.4) is 0 Å². The second-order valence-corrected chi connectivity index (χ2v) is 10.6. The van der Waals surface area contributed by atoms with Gasteiger partial charge in [-0.05, 0) is 80.3 Å². The highest BCUT2D eigenvalue weighted by Gasteiger charge is 2.66. The van der Waals surface area contributed by atoms with Crippen LogP contribution in [0.4, 0.5) is 4.79 Å². The zero-order valence-electron chi connectivity index (χ0n) is 18.4. The first-order valence-electron chi connectivity index (χ1n) is 11.9. The Labute approximate surface area is 184 Å². The van der Waals surface area contributed by atoms with Gasteiger partial charge in [-0.15, -0.1) is 0 Å². The molecule has 4 aliphatic carbocycles. The Kier molecular flexibility index (Phi) is 5.08. The molecule has 5 nitrogen and oxygen atoms in total. The zero-order chi connectivity index (χ0) is 21.8. The van der Waals surface area contributed by atoms with Crippen LogP contribution in [0.2, 0.25) is 0 Å². The molecule has 0 aromatic rings. The van der Waals surface area contributed by atoms with Crippen LogP contribution in [0, 0.1) is 40.9 Å². The molecule has 5 heteroatoms. The Bertz CT molecular complexity index is 859. The summed E-state index contributed by atoms with van der Waals surface area (Å²) in [5.74, 6) is 2.56. The lowest BCUT2D eigenvalue weighted by molar-refractivity contribution is -0.104. The Hall–Kier alpha value is -2.01. The number of ether oxygens (including phenoxy) is 1. The molecule has 1 aliphatic heterocycles. The normalized spacial score (nSPS) is 46.1. The van der Waals surface area contributed by atoms with Gasteiger partial charge in [-0.3, -0.25) is 0 Å². The van der Waals surface area contributed by atoms with Crippen molar-refractivity contribution in [2.24, 2.45) is 40.9 Å². The lowest BCUT2D eigenvalue weighted by atomic mass is 9.51. The van der Waals surface area contributed by atoms with Crippen LogP contribution in [0.5, 0.6) is 0 Å². The monoisotopic (exact) mass is 425 g/mol. The second kappa shape index (κ2) is 7.54. The molecule has 5 aliphatic rings. The van der Waals surface area contributed by atoms with Gasteiger partial charge in [0.05, 0.1) is 11.9 Å². The highest BCUT2D eigenvalue weighted by Crippen LogP contribution is 2.68. The summed E-state index contributed by atoms with van der Waals surface area (Å²) in [6, 6.07) is 0. The van der Waals surface area contributed by atoms with E-state index >= 15 is 0 Å². The molecular formula is C26H35NO4. The molecule has 5 rings (SSSR count). The number of aliphatic hydroxyl groups is 1. The number of rotatable bonds is 3. The lowest BCUT2D eigenvalue weighted by Crippen LogP contribution is -2.53. The SMILES string of the molecule is C=C1NCCC1[C@H]1C[C@H]2[C@@H]3CC=C4C=CCC[C@@H]4[C@H]3CC[C@]2(C)[C@]1(O)/C=C\OC(=O)O. The second-order valence-electron chi connectivity index (χ2n) is 10.6. The van der Waals surface area contributed by atoms with Crippen molar-refractivity contribution in [1.29, 1.82) is 0 Å². The summed E-state index contributed by atoms with van der Waals surface area (Å²) in [4.78, 5) is 11.0. The molecular weight excluding hydrogens is 390 g/mol. The fourth-order valence-corrected chi connectivity index (χ4v) is 8.14. The Morgan fingerprint density at radius 2 is 2.10 bits per heavy atom. The summed E-state index contributed by atoms with van der Waals surface area (Å²) in [6.07, 6.45) is 16.1. The van der Waals surface area contributed by atoms with Gasteiger partial charge in [0.2, 0.25) is 0 Å². The Morgan fingerprint density at radius 1 is 1.26 bits per heavy atom. The fraction of sp³-hybridized carbons (Fsp3) is 0.654. The molecule has 1 unspecified atom stereocenters. The molecule has 0 spiro atoms. The number of carbonyl (C=O) groups is 1. The third kappa shape index (κ3) is 3.11. The third-order valence-electron chi connectivity index (χ3n) is 9.63. The smallest absolute Gasteiger partial charge is 0.449 e. The molecule has 31 heavy (non-hydrogen) atoms. The highest BCUT2D eigenvalue weighted by atomic mass is 16.7. The standard InChI is InChI=1S/C26H35NO4/c1-16-18(10-13-27-16)23-15-22-21-8-7-17-5-3-4-6-19(17)20(21)9-11-25(22,2)26(23,30)12-14-31-24(28)29/h3,5,7,12,14,18-23,27,30H,1,4,6,8-11,13,15H2,2H3,(H,28,29)/b14-12-/t18?,19-,20+,21+,22-,23+,25-,26-/m0/s1. The number of carboxylic acid groups (broad SMARTS) is 1. The van der Waals surface area contributed by atoms with Gasteiger partial charge in [0.1, 0.15) is 0 Å². The number of nitrogens with one attached hydrogen (secondary N) is 1. The van der Waals surface area contributed by atoms with E-state index in [1.807, 2.05) is 0 Å². The molecule has 0 bridgehead atoms. The maximum absolute atomic E-state index is 12.3. The molecule has 3 fully saturated rings. The van der Waals surface area contributed by atoms with Crippen molar-refractivity contribution in [2.45, 2.75) is 57.5 Å². The molecule has 1 saturated heterocycles. The number of hydrogen-bond donors (Lipinski definition) is 3. The van der Waals surface area contributed by atoms with E-state index in [-0.39, 0.29) is 17.3 Å². The van der Waals surface area contributed by atoms with E-state index in [4.69, 9.17) is 9.84 Å². The van der Waals surface area contributed by atoms with Crippen LogP contribution in [0.15, 0.2) is 48.4 Å². The average molecular weight is 426 g/mol. The van der Waals surface area contributed by atoms with Crippen LogP contribution < -0.4 is 5.32 Å². The topological polar surface area (TPSA) is 78.8 Å². The van der Waals surface area contributed by atoms with Gasteiger partial charge in [0, 0.05) is 29.5 Å². The maximum atomic E-state index is 12.3. The number of hydrogen-bond acceptors (Lipinski definition) is 4. The largest absolute Gasteiger partial charge is 0.510 e. The van der Waals surface area contributed by atoms with Crippen molar-refractivity contribution in [3.8, 4) is 0 Å². The summed E-state index contributed by atoms with van der Waals surface area (Å²) in [5.41, 5.74) is 1.14. The summed E-state index contributed by atoms with van der Waals surface area (Å²) in [7, 11) is 0. The van der Waals surface area contributed by atoms with Gasteiger partial charge in [0.25, 0.3) is 0 Å². The lowest BCUT2D eigenvalue weighted by Gasteiger charge is -2.54. The van der Waals surface area contributed by atoms with Crippen molar-refractivity contribution in [2.75, 3.05) is 6.54 Å². The summed E-state index contributed by atoms with van der Waals surface area (Å²) < 4.78 is 4.73. The fourth-order valence-electron chi connectivity index (χ4n) is 8.14. The van der Waals surface area contributed by atoms with Gasteiger partial charge in [-0.25, -0.2) is 4.79 Å². The van der Waals surface area contributed by atoms with Crippen molar-refractivity contribution < 1.29 is 19.7 Å². The molecule has 8 atom stereocenters. The van der Waals surface area contributed by atoms with E-state index in [0.717, 1.165) is 44.3 Å². The van der Waals surface area contributed by atoms with E-state index < -0.39 is 11.8 Å². The van der Waals surface area contributed by atoms with Crippen LogP contribution in [0.25, 0.3) is 0 Å². The molecule has 3 N–H and O–H groups in total. The molecule has 2 saturated carbocycles. The predicted molar refractivity (Wildman–Crippen MR) is 119 cm³/mol. The van der Waals surface area contributed by atoms with Gasteiger partial charge >= 0.3 is 6.16 Å². The predicted octanol–water partition coefficient (Wildman–Crippen LogP) is 5.01. The quantitative estimate of drug-likeness (QED) is 0.437. The first kappa shape index (κ1) is 20.9. The van der Waals surface area contributed by atoms with Gasteiger partial charge < -0.3 is 20.3 Å². The van der Waals surface area contributed by atoms with Gasteiger partial charge in [0.15, 0.2) is 0 Å². The van der Waals surface area contributed by atoms with E-state index in [1.54, 1.807) is 6.08 Å². The minimum absolute atomic E-state index is 0.0222. The highest BCUT2D eigenvalue weighted by molar-refractivity contribution is 5.57. The van der Waals surface area contributed by atoms with Crippen LogP contribution in [-0.2, 0) is 4.74 Å². The molecule has 1 heterocycles. The minimum atomic E-state index is -1.35. The maximum Gasteiger partial charge on any atom is 0.510 e. The Morgan fingerprint density at radius 3 is 2.84 bits per heavy atom. The first-order chi connectivity index (χ1) is 14.8. The summed E-state index contributed by atoms with van der Waals surface area (Å²) in [5, 5.41) is 24.6. The van der Waals surface area contributed by atoms with Gasteiger partial charge in [-0.1, -0.05) is 31.7 Å². The molecule has 0 aromatic carbocycles. The summed E-state index contributed by atoms with van der Waals surface area (Å²) >= 11 is 0. The van der Waals surface area contributed by atoms with Crippen LogP contribution in [0.1, 0.15) is 51.9 Å². The third-order valence-corrected chi connectivity index (χ3v) is 9.63. The van der Waals surface area contributed by atoms with Crippen molar-refractivity contribution in [1.82, 2.24) is 5.32 Å². The average Bonchev–Trinajstić information content (AvgIpc) is 3.26. The molecule has 0 radical (unpaired) electrons. The summed E-state index contributed by atoms with van der Waals surface area (Å²) in [6.45, 7) is 7.37. The van der Waals surface area contributed by atoms with Crippen molar-refractivity contribution in [3.05, 3.63) is 48.4 Å². The van der Waals surface area contributed by atoms with Crippen LogP contribution in [-0.4, -0.2) is 28.5 Å². The van der Waals surface area contributed by atoms with E-state index in [1.165, 1.54) is 24.7 Å². The molecule has 0 amide bonds. The van der Waals surface area contributed by atoms with E-state index in [0.29, 0.717) is 23.7 Å². The number of fused-ring (bicyclic) bond motifs is 5. The molecule has 168 valence electrons. The van der Waals surface area contributed by atoms with Gasteiger partial charge in [-0.2, -0.15) is 0 Å². The minimum Gasteiger partial charge on any atom is -0.449 e. The molecule has 0 aromatic heterocycles. The zero-order valence-corrected chi connectivity index (χ0v) is 18.4. The first-order valence-corrected chi connectivity index (χ1v) is 11.9. The van der Waals surface area contributed by atoms with Crippen LogP contribution >= 0.6 is 0 Å². The van der Waals surface area contributed by atoms with E-state index in [9.17, 15) is 9.90 Å². The number of allylic oxidation sites excluding steroid dienone is 5. The van der Waals surface area contributed by atoms with Crippen molar-refractivity contribution >= 4 is 6.16 Å².